The zero-order valence-corrected chi connectivity index (χ0v) is 10.3. The molecule has 1 atom stereocenters. The maximum Gasteiger partial charge on any atom is 0.144 e. The fraction of sp³-hybridized carbons (Fsp3) is 0.385. The van der Waals surface area contributed by atoms with Crippen molar-refractivity contribution in [3.63, 3.8) is 0 Å². The maximum atomic E-state index is 6.18. The molecule has 1 aliphatic carbocycles. The van der Waals surface area contributed by atoms with Crippen LogP contribution >= 0.6 is 0 Å². The number of rotatable bonds is 2. The monoisotopic (exact) mass is 244 g/mol. The summed E-state index contributed by atoms with van der Waals surface area (Å²) in [6.45, 7) is 0. The van der Waals surface area contributed by atoms with Gasteiger partial charge in [0.25, 0.3) is 0 Å². The Bertz CT molecular complexity index is 564. The van der Waals surface area contributed by atoms with E-state index in [4.69, 9.17) is 10.5 Å². The van der Waals surface area contributed by atoms with Crippen molar-refractivity contribution in [1.82, 2.24) is 15.0 Å². The predicted octanol–water partition coefficient (Wildman–Crippen LogP) is 1.61. The lowest BCUT2D eigenvalue weighted by molar-refractivity contribution is 0.410. The first kappa shape index (κ1) is 11.2. The number of nitrogens with two attached hydrogens (primary N) is 1. The normalized spacial score (nSPS) is 18.4. The molecule has 0 fully saturated rings. The number of hydrogen-bond acceptors (Lipinski definition) is 4. The van der Waals surface area contributed by atoms with Crippen molar-refractivity contribution in [2.24, 2.45) is 5.73 Å². The summed E-state index contributed by atoms with van der Waals surface area (Å²) >= 11 is 0. The second-order valence-electron chi connectivity index (χ2n) is 4.50. The standard InChI is InChI=1S/C13H16N4O/c1-18-12-8-3-2-7-11(12)17-13-9(14)5-4-6-10(13)15-16-17/h2-3,7-9H,4-6,14H2,1H3. The van der Waals surface area contributed by atoms with Crippen molar-refractivity contribution in [2.45, 2.75) is 25.3 Å². The number of para-hydroxylation sites is 2. The average molecular weight is 244 g/mol. The van der Waals surface area contributed by atoms with E-state index in [1.165, 1.54) is 0 Å². The first-order valence-electron chi connectivity index (χ1n) is 6.14. The van der Waals surface area contributed by atoms with Crippen molar-refractivity contribution in [1.29, 1.82) is 0 Å². The molecule has 1 aromatic heterocycles. The third kappa shape index (κ3) is 1.67. The van der Waals surface area contributed by atoms with Crippen molar-refractivity contribution in [2.75, 3.05) is 7.11 Å². The quantitative estimate of drug-likeness (QED) is 0.871. The maximum absolute atomic E-state index is 6.18. The van der Waals surface area contributed by atoms with Gasteiger partial charge in [-0.1, -0.05) is 17.3 Å². The first-order valence-corrected chi connectivity index (χ1v) is 6.14. The third-order valence-corrected chi connectivity index (χ3v) is 3.37. The summed E-state index contributed by atoms with van der Waals surface area (Å²) in [6.07, 6.45) is 3.02. The molecule has 5 heteroatoms. The number of benzene rings is 1. The van der Waals surface area contributed by atoms with Crippen LogP contribution < -0.4 is 10.5 Å². The minimum Gasteiger partial charge on any atom is -0.494 e. The summed E-state index contributed by atoms with van der Waals surface area (Å²) in [4.78, 5) is 0. The highest BCUT2D eigenvalue weighted by molar-refractivity contribution is 5.47. The fourth-order valence-electron chi connectivity index (χ4n) is 2.48. The van der Waals surface area contributed by atoms with Crippen molar-refractivity contribution in [3.8, 4) is 11.4 Å². The van der Waals surface area contributed by atoms with Gasteiger partial charge in [0.05, 0.1) is 18.5 Å². The lowest BCUT2D eigenvalue weighted by Crippen LogP contribution is -2.20. The topological polar surface area (TPSA) is 66.0 Å². The Hall–Kier alpha value is -1.88. The van der Waals surface area contributed by atoms with E-state index in [1.54, 1.807) is 7.11 Å². The second kappa shape index (κ2) is 4.42. The van der Waals surface area contributed by atoms with E-state index in [-0.39, 0.29) is 6.04 Å². The van der Waals surface area contributed by atoms with Gasteiger partial charge < -0.3 is 10.5 Å². The van der Waals surface area contributed by atoms with Crippen LogP contribution in [0.4, 0.5) is 0 Å². The molecule has 0 saturated heterocycles. The van der Waals surface area contributed by atoms with Gasteiger partial charge in [0.15, 0.2) is 0 Å². The number of methoxy groups -OCH3 is 1. The highest BCUT2D eigenvalue weighted by Crippen LogP contribution is 2.30. The van der Waals surface area contributed by atoms with Crippen molar-refractivity contribution >= 4 is 0 Å². The van der Waals surface area contributed by atoms with Crippen LogP contribution in [0, 0.1) is 0 Å². The smallest absolute Gasteiger partial charge is 0.144 e. The van der Waals surface area contributed by atoms with Gasteiger partial charge in [-0.25, -0.2) is 4.68 Å². The van der Waals surface area contributed by atoms with Gasteiger partial charge >= 0.3 is 0 Å². The number of nitrogens with zero attached hydrogens (tertiary/aromatic N) is 3. The molecular formula is C13H16N4O. The van der Waals surface area contributed by atoms with E-state index in [1.807, 2.05) is 28.9 Å². The highest BCUT2D eigenvalue weighted by Gasteiger charge is 2.25. The van der Waals surface area contributed by atoms with E-state index in [0.29, 0.717) is 0 Å². The predicted molar refractivity (Wildman–Crippen MR) is 67.8 cm³/mol. The van der Waals surface area contributed by atoms with E-state index in [9.17, 15) is 0 Å². The molecule has 2 aromatic rings. The molecule has 1 unspecified atom stereocenters. The summed E-state index contributed by atoms with van der Waals surface area (Å²) in [5, 5.41) is 8.47. The molecule has 0 radical (unpaired) electrons. The Balaban J connectivity index is 2.15. The summed E-state index contributed by atoms with van der Waals surface area (Å²) in [7, 11) is 1.65. The Morgan fingerprint density at radius 3 is 3.06 bits per heavy atom. The van der Waals surface area contributed by atoms with Gasteiger partial charge in [0, 0.05) is 6.04 Å². The molecule has 1 heterocycles. The zero-order valence-electron chi connectivity index (χ0n) is 10.3. The molecule has 0 aliphatic heterocycles. The van der Waals surface area contributed by atoms with Crippen LogP contribution in [-0.4, -0.2) is 22.1 Å². The summed E-state index contributed by atoms with van der Waals surface area (Å²) in [5.74, 6) is 0.781. The van der Waals surface area contributed by atoms with Crippen LogP contribution in [-0.2, 0) is 6.42 Å². The summed E-state index contributed by atoms with van der Waals surface area (Å²) < 4.78 is 7.18. The molecule has 94 valence electrons. The zero-order chi connectivity index (χ0) is 12.5. The summed E-state index contributed by atoms with van der Waals surface area (Å²) in [5.41, 5.74) is 9.11. The number of aromatic nitrogens is 3. The highest BCUT2D eigenvalue weighted by atomic mass is 16.5. The van der Waals surface area contributed by atoms with Crippen LogP contribution in [0.1, 0.15) is 30.3 Å². The van der Waals surface area contributed by atoms with Crippen LogP contribution in [0.15, 0.2) is 24.3 Å². The van der Waals surface area contributed by atoms with Gasteiger partial charge in [-0.05, 0) is 31.4 Å². The van der Waals surface area contributed by atoms with E-state index in [2.05, 4.69) is 10.3 Å². The summed E-state index contributed by atoms with van der Waals surface area (Å²) in [6, 6.07) is 7.78. The second-order valence-corrected chi connectivity index (χ2v) is 4.50. The molecule has 0 amide bonds. The van der Waals surface area contributed by atoms with Crippen molar-refractivity contribution in [3.05, 3.63) is 35.7 Å². The molecule has 5 nitrogen and oxygen atoms in total. The molecule has 0 spiro atoms. The van der Waals surface area contributed by atoms with Crippen LogP contribution in [0.3, 0.4) is 0 Å². The van der Waals surface area contributed by atoms with Crippen LogP contribution in [0.2, 0.25) is 0 Å². The fourth-order valence-corrected chi connectivity index (χ4v) is 2.48. The Labute approximate surface area is 106 Å². The van der Waals surface area contributed by atoms with Gasteiger partial charge in [0.1, 0.15) is 11.4 Å². The Kier molecular flexibility index (Phi) is 2.76. The molecule has 0 bridgehead atoms. The molecular weight excluding hydrogens is 228 g/mol. The van der Waals surface area contributed by atoms with Gasteiger partial charge in [-0.3, -0.25) is 0 Å². The number of ether oxygens (including phenoxy) is 1. The molecule has 18 heavy (non-hydrogen) atoms. The first-order chi connectivity index (χ1) is 8.81. The molecule has 0 saturated carbocycles. The lowest BCUT2D eigenvalue weighted by atomic mass is 9.96. The largest absolute Gasteiger partial charge is 0.494 e. The number of aryl methyl sites for hydroxylation is 1. The van der Waals surface area contributed by atoms with Gasteiger partial charge in [-0.2, -0.15) is 0 Å². The van der Waals surface area contributed by atoms with Gasteiger partial charge in [-0.15, -0.1) is 5.10 Å². The Morgan fingerprint density at radius 2 is 2.22 bits per heavy atom. The molecule has 2 N–H and O–H groups in total. The minimum absolute atomic E-state index is 0.00802. The average Bonchev–Trinajstić information content (AvgIpc) is 2.84. The number of hydrogen-bond donors (Lipinski definition) is 1. The van der Waals surface area contributed by atoms with Crippen molar-refractivity contribution < 1.29 is 4.74 Å². The van der Waals surface area contributed by atoms with Gasteiger partial charge in [0.2, 0.25) is 0 Å². The van der Waals surface area contributed by atoms with E-state index < -0.39 is 0 Å². The molecule has 3 rings (SSSR count). The van der Waals surface area contributed by atoms with E-state index in [0.717, 1.165) is 42.1 Å². The SMILES string of the molecule is COc1ccccc1-n1nnc2c1C(N)CCC2. The molecule has 1 aromatic carbocycles. The minimum atomic E-state index is 0.00802. The lowest BCUT2D eigenvalue weighted by Gasteiger charge is -2.19. The van der Waals surface area contributed by atoms with Crippen LogP contribution in [0.25, 0.3) is 5.69 Å². The van der Waals surface area contributed by atoms with Crippen LogP contribution in [0.5, 0.6) is 5.75 Å². The van der Waals surface area contributed by atoms with E-state index >= 15 is 0 Å². The number of fused-ring (bicyclic) bond motifs is 1. The Morgan fingerprint density at radius 1 is 1.39 bits per heavy atom. The molecule has 1 aliphatic rings. The third-order valence-electron chi connectivity index (χ3n) is 3.37.